The fraction of sp³-hybridized carbons (Fsp3) is 0.292. The molecule has 3 aromatic rings. The number of hydrogen-bond acceptors (Lipinski definition) is 4. The van der Waals surface area contributed by atoms with Crippen molar-refractivity contribution in [2.75, 3.05) is 19.6 Å². The summed E-state index contributed by atoms with van der Waals surface area (Å²) in [5.41, 5.74) is 2.39. The van der Waals surface area contributed by atoms with Gasteiger partial charge in [0.2, 0.25) is 11.8 Å². The second-order valence-electron chi connectivity index (χ2n) is 7.69. The number of aromatic amines is 1. The lowest BCUT2D eigenvalue weighted by Crippen LogP contribution is -2.57. The van der Waals surface area contributed by atoms with Gasteiger partial charge in [0.25, 0.3) is 0 Å². The van der Waals surface area contributed by atoms with E-state index in [-0.39, 0.29) is 24.2 Å². The van der Waals surface area contributed by atoms with Crippen LogP contribution in [0, 0.1) is 0 Å². The van der Waals surface area contributed by atoms with Gasteiger partial charge in [-0.1, -0.05) is 60.7 Å². The van der Waals surface area contributed by atoms with Crippen LogP contribution < -0.4 is 10.6 Å². The molecule has 0 spiro atoms. The summed E-state index contributed by atoms with van der Waals surface area (Å²) in [6, 6.07) is 20.1. The SMILES string of the molecule is O=C(CC1C(=O)NCCN1CC(c1ccccc1)c1ccccc1)NCc1ncc[nH]1. The quantitative estimate of drug-likeness (QED) is 0.523. The predicted octanol–water partition coefficient (Wildman–Crippen LogP) is 2.05. The average molecular weight is 418 g/mol. The highest BCUT2D eigenvalue weighted by molar-refractivity contribution is 5.88. The van der Waals surface area contributed by atoms with Crippen molar-refractivity contribution >= 4 is 11.8 Å². The maximum absolute atomic E-state index is 12.7. The number of benzene rings is 2. The van der Waals surface area contributed by atoms with Gasteiger partial charge in [0.1, 0.15) is 5.82 Å². The van der Waals surface area contributed by atoms with Gasteiger partial charge in [-0.15, -0.1) is 0 Å². The van der Waals surface area contributed by atoms with Gasteiger partial charge in [-0.25, -0.2) is 4.98 Å². The first-order valence-electron chi connectivity index (χ1n) is 10.6. The van der Waals surface area contributed by atoms with Crippen LogP contribution in [0.4, 0.5) is 0 Å². The summed E-state index contributed by atoms with van der Waals surface area (Å²) in [4.78, 5) is 34.4. The van der Waals surface area contributed by atoms with Crippen molar-refractivity contribution in [3.8, 4) is 0 Å². The first-order valence-corrected chi connectivity index (χ1v) is 10.6. The third-order valence-corrected chi connectivity index (χ3v) is 5.65. The summed E-state index contributed by atoms with van der Waals surface area (Å²) in [5, 5.41) is 5.76. The lowest BCUT2D eigenvalue weighted by molar-refractivity contribution is -0.134. The highest BCUT2D eigenvalue weighted by Crippen LogP contribution is 2.27. The van der Waals surface area contributed by atoms with Crippen LogP contribution in [0.3, 0.4) is 0 Å². The van der Waals surface area contributed by atoms with Crippen LogP contribution in [0.15, 0.2) is 73.1 Å². The Labute approximate surface area is 181 Å². The molecule has 31 heavy (non-hydrogen) atoms. The van der Waals surface area contributed by atoms with Crippen molar-refractivity contribution in [3.05, 3.63) is 90.0 Å². The molecule has 7 heteroatoms. The van der Waals surface area contributed by atoms with E-state index in [1.54, 1.807) is 12.4 Å². The number of aromatic nitrogens is 2. The minimum Gasteiger partial charge on any atom is -0.353 e. The number of hydrogen-bond donors (Lipinski definition) is 3. The molecule has 7 nitrogen and oxygen atoms in total. The molecular weight excluding hydrogens is 390 g/mol. The zero-order valence-corrected chi connectivity index (χ0v) is 17.3. The Kier molecular flexibility index (Phi) is 6.74. The predicted molar refractivity (Wildman–Crippen MR) is 118 cm³/mol. The van der Waals surface area contributed by atoms with E-state index >= 15 is 0 Å². The Hall–Kier alpha value is -3.45. The molecule has 1 aliphatic heterocycles. The van der Waals surface area contributed by atoms with Gasteiger partial charge in [-0.05, 0) is 11.1 Å². The van der Waals surface area contributed by atoms with Gasteiger partial charge in [0.15, 0.2) is 0 Å². The van der Waals surface area contributed by atoms with E-state index in [1.165, 1.54) is 11.1 Å². The Morgan fingerprint density at radius 1 is 1.10 bits per heavy atom. The highest BCUT2D eigenvalue weighted by Gasteiger charge is 2.33. The Morgan fingerprint density at radius 3 is 2.39 bits per heavy atom. The Bertz CT molecular complexity index is 936. The van der Waals surface area contributed by atoms with Gasteiger partial charge in [0, 0.05) is 37.9 Å². The monoisotopic (exact) mass is 417 g/mol. The number of imidazole rings is 1. The fourth-order valence-electron chi connectivity index (χ4n) is 4.04. The molecule has 0 saturated carbocycles. The lowest BCUT2D eigenvalue weighted by atomic mass is 9.90. The first kappa shape index (κ1) is 20.8. The van der Waals surface area contributed by atoms with Crippen molar-refractivity contribution in [3.63, 3.8) is 0 Å². The van der Waals surface area contributed by atoms with E-state index in [2.05, 4.69) is 49.8 Å². The number of nitrogens with one attached hydrogen (secondary N) is 3. The smallest absolute Gasteiger partial charge is 0.237 e. The van der Waals surface area contributed by atoms with Crippen LogP contribution in [-0.4, -0.2) is 52.4 Å². The highest BCUT2D eigenvalue weighted by atomic mass is 16.2. The minimum absolute atomic E-state index is 0.0979. The summed E-state index contributed by atoms with van der Waals surface area (Å²) in [6.07, 6.45) is 3.47. The van der Waals surface area contributed by atoms with E-state index in [4.69, 9.17) is 0 Å². The van der Waals surface area contributed by atoms with E-state index < -0.39 is 6.04 Å². The van der Waals surface area contributed by atoms with Gasteiger partial charge in [-0.3, -0.25) is 14.5 Å². The van der Waals surface area contributed by atoms with Gasteiger partial charge in [-0.2, -0.15) is 0 Å². The summed E-state index contributed by atoms with van der Waals surface area (Å²) >= 11 is 0. The summed E-state index contributed by atoms with van der Waals surface area (Å²) in [6.45, 7) is 2.27. The second kappa shape index (κ2) is 10.0. The van der Waals surface area contributed by atoms with Crippen molar-refractivity contribution in [1.82, 2.24) is 25.5 Å². The minimum atomic E-state index is -0.500. The van der Waals surface area contributed by atoms with Crippen molar-refractivity contribution < 1.29 is 9.59 Å². The summed E-state index contributed by atoms with van der Waals surface area (Å²) in [7, 11) is 0. The zero-order chi connectivity index (χ0) is 21.5. The molecule has 1 fully saturated rings. The number of rotatable bonds is 8. The molecule has 3 N–H and O–H groups in total. The maximum Gasteiger partial charge on any atom is 0.237 e. The van der Waals surface area contributed by atoms with Crippen LogP contribution in [0.25, 0.3) is 0 Å². The third kappa shape index (κ3) is 5.38. The molecule has 2 heterocycles. The van der Waals surface area contributed by atoms with Crippen molar-refractivity contribution in [1.29, 1.82) is 0 Å². The number of amides is 2. The molecule has 0 bridgehead atoms. The molecule has 2 aromatic carbocycles. The second-order valence-corrected chi connectivity index (χ2v) is 7.69. The van der Waals surface area contributed by atoms with Crippen LogP contribution in [0.2, 0.25) is 0 Å². The van der Waals surface area contributed by atoms with Crippen LogP contribution in [-0.2, 0) is 16.1 Å². The molecule has 0 radical (unpaired) electrons. The number of H-pyrrole nitrogens is 1. The standard InChI is InChI=1S/C24H27N5O2/c30-23(28-16-22-25-11-12-26-22)15-21-24(31)27-13-14-29(21)17-20(18-7-3-1-4-8-18)19-9-5-2-6-10-19/h1-12,20-21H,13-17H2,(H,25,26)(H,27,31)(H,28,30). The van der Waals surface area contributed by atoms with Gasteiger partial charge >= 0.3 is 0 Å². The normalized spacial score (nSPS) is 16.8. The largest absolute Gasteiger partial charge is 0.353 e. The molecule has 1 saturated heterocycles. The van der Waals surface area contributed by atoms with Gasteiger partial charge in [0.05, 0.1) is 19.0 Å². The average Bonchev–Trinajstić information content (AvgIpc) is 3.33. The zero-order valence-electron chi connectivity index (χ0n) is 17.3. The van der Waals surface area contributed by atoms with Crippen molar-refractivity contribution in [2.24, 2.45) is 0 Å². The van der Waals surface area contributed by atoms with Crippen molar-refractivity contribution in [2.45, 2.75) is 24.9 Å². The van der Waals surface area contributed by atoms with E-state index in [9.17, 15) is 9.59 Å². The van der Waals surface area contributed by atoms with E-state index in [0.29, 0.717) is 32.0 Å². The molecule has 160 valence electrons. The molecule has 2 amide bonds. The molecular formula is C24H27N5O2. The van der Waals surface area contributed by atoms with Crippen LogP contribution >= 0.6 is 0 Å². The topological polar surface area (TPSA) is 90.1 Å². The number of nitrogens with zero attached hydrogens (tertiary/aromatic N) is 2. The fourth-order valence-corrected chi connectivity index (χ4v) is 4.04. The molecule has 0 aliphatic carbocycles. The van der Waals surface area contributed by atoms with E-state index in [0.717, 1.165) is 0 Å². The van der Waals surface area contributed by atoms with Crippen LogP contribution in [0.1, 0.15) is 29.3 Å². The van der Waals surface area contributed by atoms with Crippen LogP contribution in [0.5, 0.6) is 0 Å². The Morgan fingerprint density at radius 2 is 1.77 bits per heavy atom. The maximum atomic E-state index is 12.7. The summed E-state index contributed by atoms with van der Waals surface area (Å²) in [5.74, 6) is 0.534. The molecule has 1 aliphatic rings. The Balaban J connectivity index is 1.49. The van der Waals surface area contributed by atoms with Gasteiger partial charge < -0.3 is 15.6 Å². The molecule has 1 unspecified atom stereocenters. The number of carbonyl (C=O) groups excluding carboxylic acids is 2. The first-order chi connectivity index (χ1) is 15.2. The van der Waals surface area contributed by atoms with E-state index in [1.807, 2.05) is 36.4 Å². The molecule has 4 rings (SSSR count). The molecule has 1 aromatic heterocycles. The third-order valence-electron chi connectivity index (χ3n) is 5.65. The number of piperazine rings is 1. The number of carbonyl (C=O) groups is 2. The molecule has 1 atom stereocenters. The summed E-state index contributed by atoms with van der Waals surface area (Å²) < 4.78 is 0. The lowest BCUT2D eigenvalue weighted by Gasteiger charge is -2.37.